The number of aromatic nitrogens is 1. The van der Waals surface area contributed by atoms with Gasteiger partial charge in [0, 0.05) is 11.6 Å². The fourth-order valence-corrected chi connectivity index (χ4v) is 9.06. The summed E-state index contributed by atoms with van der Waals surface area (Å²) >= 11 is 6.33. The molecule has 8 atom stereocenters. The van der Waals surface area contributed by atoms with E-state index in [0.717, 1.165) is 62.5 Å². The Kier molecular flexibility index (Phi) is 5.88. The van der Waals surface area contributed by atoms with E-state index in [1.165, 1.54) is 19.3 Å². The van der Waals surface area contributed by atoms with Gasteiger partial charge in [-0.15, -0.1) is 0 Å². The maximum atomic E-state index is 13.5. The second-order valence-electron chi connectivity index (χ2n) is 12.4. The Labute approximate surface area is 204 Å². The number of hydrogen-bond donors (Lipinski definition) is 2. The molecule has 5 rings (SSSR count). The van der Waals surface area contributed by atoms with Crippen molar-refractivity contribution < 1.29 is 9.90 Å². The summed E-state index contributed by atoms with van der Waals surface area (Å²) in [6.45, 7) is 8.99. The zero-order chi connectivity index (χ0) is 23.6. The van der Waals surface area contributed by atoms with Gasteiger partial charge in [-0.1, -0.05) is 32.4 Å². The molecular formula is C28H41ClN2O2. The van der Waals surface area contributed by atoms with E-state index < -0.39 is 5.60 Å². The molecule has 0 spiro atoms. The monoisotopic (exact) mass is 472 g/mol. The lowest BCUT2D eigenvalue weighted by Gasteiger charge is -2.62. The highest BCUT2D eigenvalue weighted by Gasteiger charge is 2.62. The SMILES string of the molecule is CC[C@@]1(O)CC[C@@]2(C)[C@H](CC[C@@H]3[C@@H]2CC[C@]2(C)[C@@H](C(=O)Nc4nc(C)ccc4Cl)CC[C@@H]32)C1. The van der Waals surface area contributed by atoms with Crippen LogP contribution in [-0.4, -0.2) is 21.6 Å². The zero-order valence-corrected chi connectivity index (χ0v) is 21.5. The summed E-state index contributed by atoms with van der Waals surface area (Å²) in [5.74, 6) is 3.37. The lowest BCUT2D eigenvalue weighted by Crippen LogP contribution is -2.56. The van der Waals surface area contributed by atoms with Crippen molar-refractivity contribution >= 4 is 23.3 Å². The molecule has 4 saturated carbocycles. The molecule has 1 aromatic heterocycles. The summed E-state index contributed by atoms with van der Waals surface area (Å²) < 4.78 is 0. The molecule has 0 aliphatic heterocycles. The molecule has 4 aliphatic carbocycles. The van der Waals surface area contributed by atoms with Crippen molar-refractivity contribution in [1.29, 1.82) is 0 Å². The summed E-state index contributed by atoms with van der Waals surface area (Å²) in [4.78, 5) is 17.9. The van der Waals surface area contributed by atoms with Crippen LogP contribution in [0.3, 0.4) is 0 Å². The van der Waals surface area contributed by atoms with E-state index in [2.05, 4.69) is 31.1 Å². The van der Waals surface area contributed by atoms with Gasteiger partial charge in [-0.2, -0.15) is 0 Å². The van der Waals surface area contributed by atoms with E-state index in [0.29, 0.717) is 28.1 Å². The molecular weight excluding hydrogens is 432 g/mol. The van der Waals surface area contributed by atoms with E-state index in [4.69, 9.17) is 11.6 Å². The second-order valence-corrected chi connectivity index (χ2v) is 12.8. The molecule has 5 heteroatoms. The molecule has 0 bridgehead atoms. The van der Waals surface area contributed by atoms with Crippen LogP contribution >= 0.6 is 11.6 Å². The number of anilines is 1. The standard InChI is InChI=1S/C28H41ClN2O2/c1-5-28(33)15-14-26(3)18(16-28)7-8-19-20-9-10-22(27(20,4)13-12-21(19)26)25(32)31-24-23(29)11-6-17(2)30-24/h6,11,18-22,33H,5,7-10,12-16H2,1-4H3,(H,30,31,32)/t18-,19+,20+,21+,22-,26+,27+,28-/m1/s1. The number of hydrogen-bond acceptors (Lipinski definition) is 3. The first kappa shape index (κ1) is 23.6. The predicted octanol–water partition coefficient (Wildman–Crippen LogP) is 6.78. The number of rotatable bonds is 3. The highest BCUT2D eigenvalue weighted by atomic mass is 35.5. The number of carbonyl (C=O) groups excluding carboxylic acids is 1. The highest BCUT2D eigenvalue weighted by molar-refractivity contribution is 6.33. The molecule has 2 N–H and O–H groups in total. The van der Waals surface area contributed by atoms with Crippen molar-refractivity contribution in [2.45, 2.75) is 97.5 Å². The number of aliphatic hydroxyl groups is 1. The normalized spacial score (nSPS) is 44.5. The number of amides is 1. The molecule has 4 fully saturated rings. The summed E-state index contributed by atoms with van der Waals surface area (Å²) in [5, 5.41) is 14.6. The molecule has 0 unspecified atom stereocenters. The van der Waals surface area contributed by atoms with E-state index >= 15 is 0 Å². The fraction of sp³-hybridized carbons (Fsp3) is 0.786. The number of nitrogens with zero attached hydrogens (tertiary/aromatic N) is 1. The second kappa shape index (κ2) is 8.22. The van der Waals surface area contributed by atoms with Gasteiger partial charge >= 0.3 is 0 Å². The molecule has 0 aromatic carbocycles. The van der Waals surface area contributed by atoms with Gasteiger partial charge in [-0.05, 0) is 118 Å². The quantitative estimate of drug-likeness (QED) is 0.509. The fourth-order valence-electron chi connectivity index (χ4n) is 8.91. The number of pyridine rings is 1. The van der Waals surface area contributed by atoms with Crippen LogP contribution in [0.5, 0.6) is 0 Å². The summed E-state index contributed by atoms with van der Waals surface area (Å²) in [6.07, 6.45) is 11.0. The van der Waals surface area contributed by atoms with Gasteiger partial charge in [-0.3, -0.25) is 4.79 Å². The number of fused-ring (bicyclic) bond motifs is 5. The van der Waals surface area contributed by atoms with Crippen molar-refractivity contribution in [3.8, 4) is 0 Å². The van der Waals surface area contributed by atoms with Crippen molar-refractivity contribution in [1.82, 2.24) is 4.98 Å². The average molecular weight is 473 g/mol. The van der Waals surface area contributed by atoms with Crippen LogP contribution in [0, 0.1) is 47.3 Å². The first-order chi connectivity index (χ1) is 15.6. The Morgan fingerprint density at radius 3 is 2.61 bits per heavy atom. The van der Waals surface area contributed by atoms with Gasteiger partial charge in [0.1, 0.15) is 0 Å². The number of nitrogens with one attached hydrogen (secondary N) is 1. The molecule has 0 saturated heterocycles. The first-order valence-electron chi connectivity index (χ1n) is 13.3. The molecule has 33 heavy (non-hydrogen) atoms. The predicted molar refractivity (Wildman–Crippen MR) is 133 cm³/mol. The van der Waals surface area contributed by atoms with Crippen LogP contribution < -0.4 is 5.32 Å². The Balaban J connectivity index is 1.34. The van der Waals surface area contributed by atoms with Crippen LogP contribution in [0.15, 0.2) is 12.1 Å². The van der Waals surface area contributed by atoms with E-state index in [1.807, 2.05) is 19.1 Å². The van der Waals surface area contributed by atoms with E-state index in [9.17, 15) is 9.90 Å². The Morgan fingerprint density at radius 1 is 1.09 bits per heavy atom. The Morgan fingerprint density at radius 2 is 1.85 bits per heavy atom. The third kappa shape index (κ3) is 3.75. The number of aryl methyl sites for hydroxylation is 1. The third-order valence-corrected chi connectivity index (χ3v) is 11.3. The van der Waals surface area contributed by atoms with E-state index in [1.54, 1.807) is 0 Å². The van der Waals surface area contributed by atoms with Crippen molar-refractivity contribution in [3.05, 3.63) is 22.8 Å². The smallest absolute Gasteiger partial charge is 0.229 e. The summed E-state index contributed by atoms with van der Waals surface area (Å²) in [6, 6.07) is 3.68. The molecule has 1 amide bonds. The van der Waals surface area contributed by atoms with Crippen LogP contribution in [0.2, 0.25) is 5.02 Å². The summed E-state index contributed by atoms with van der Waals surface area (Å²) in [7, 11) is 0. The average Bonchev–Trinajstić information content (AvgIpc) is 3.14. The van der Waals surface area contributed by atoms with Gasteiger partial charge in [0.25, 0.3) is 0 Å². The highest BCUT2D eigenvalue weighted by Crippen LogP contribution is 2.68. The molecule has 182 valence electrons. The Bertz CT molecular complexity index is 936. The van der Waals surface area contributed by atoms with Crippen LogP contribution in [0.25, 0.3) is 0 Å². The first-order valence-corrected chi connectivity index (χ1v) is 13.6. The maximum absolute atomic E-state index is 13.5. The minimum Gasteiger partial charge on any atom is -0.390 e. The van der Waals surface area contributed by atoms with Crippen LogP contribution in [-0.2, 0) is 4.79 Å². The van der Waals surface area contributed by atoms with Gasteiger partial charge in [0.2, 0.25) is 5.91 Å². The molecule has 1 aromatic rings. The number of halogens is 1. The molecule has 1 heterocycles. The molecule has 4 aliphatic rings. The number of carbonyl (C=O) groups is 1. The molecule has 4 nitrogen and oxygen atoms in total. The molecule has 0 radical (unpaired) electrons. The summed E-state index contributed by atoms with van der Waals surface area (Å²) in [5.41, 5.74) is 0.828. The van der Waals surface area contributed by atoms with E-state index in [-0.39, 0.29) is 17.2 Å². The van der Waals surface area contributed by atoms with Crippen molar-refractivity contribution in [2.24, 2.45) is 40.4 Å². The van der Waals surface area contributed by atoms with Gasteiger partial charge in [-0.25, -0.2) is 4.98 Å². The van der Waals surface area contributed by atoms with Crippen LogP contribution in [0.4, 0.5) is 5.82 Å². The van der Waals surface area contributed by atoms with Crippen LogP contribution in [0.1, 0.15) is 90.7 Å². The lowest BCUT2D eigenvalue weighted by molar-refractivity contribution is -0.153. The minimum absolute atomic E-state index is 0.0314. The van der Waals surface area contributed by atoms with Crippen molar-refractivity contribution in [3.63, 3.8) is 0 Å². The van der Waals surface area contributed by atoms with Gasteiger partial charge in [0.05, 0.1) is 10.6 Å². The maximum Gasteiger partial charge on any atom is 0.229 e. The van der Waals surface area contributed by atoms with Gasteiger partial charge < -0.3 is 10.4 Å². The minimum atomic E-state index is -0.443. The lowest BCUT2D eigenvalue weighted by atomic mass is 9.44. The zero-order valence-electron chi connectivity index (χ0n) is 20.8. The third-order valence-electron chi connectivity index (χ3n) is 11.0. The van der Waals surface area contributed by atoms with Gasteiger partial charge in [0.15, 0.2) is 5.82 Å². The topological polar surface area (TPSA) is 62.2 Å². The van der Waals surface area contributed by atoms with Crippen molar-refractivity contribution in [2.75, 3.05) is 5.32 Å². The Hall–Kier alpha value is -1.13. The largest absolute Gasteiger partial charge is 0.390 e.